The van der Waals surface area contributed by atoms with Crippen molar-refractivity contribution in [1.82, 2.24) is 0 Å². The zero-order valence-corrected chi connectivity index (χ0v) is 8.53. The molecule has 1 aliphatic rings. The Bertz CT molecular complexity index is 380. The van der Waals surface area contributed by atoms with E-state index < -0.39 is 5.97 Å². The third-order valence-electron chi connectivity index (χ3n) is 3.08. The van der Waals surface area contributed by atoms with Crippen LogP contribution in [0.2, 0.25) is 0 Å². The average Bonchev–Trinajstić information content (AvgIpc) is 1.97. The van der Waals surface area contributed by atoms with Gasteiger partial charge in [-0.25, -0.2) is 4.39 Å². The van der Waals surface area contributed by atoms with Crippen LogP contribution in [0.25, 0.3) is 0 Å². The fourth-order valence-corrected chi connectivity index (χ4v) is 2.17. The highest BCUT2D eigenvalue weighted by atomic mass is 19.1. The SMILES string of the molecule is Cc1cc(F)cc(C2CCC2C(=O)O)c1. The van der Waals surface area contributed by atoms with Gasteiger partial charge >= 0.3 is 5.97 Å². The number of rotatable bonds is 2. The number of carboxylic acids is 1. The maximum absolute atomic E-state index is 13.1. The average molecular weight is 208 g/mol. The molecule has 2 atom stereocenters. The lowest BCUT2D eigenvalue weighted by Gasteiger charge is -2.33. The molecule has 0 aliphatic heterocycles. The molecule has 1 aliphatic carbocycles. The molecule has 0 spiro atoms. The fraction of sp³-hybridized carbons (Fsp3) is 0.417. The Morgan fingerprint density at radius 1 is 1.40 bits per heavy atom. The van der Waals surface area contributed by atoms with E-state index in [4.69, 9.17) is 5.11 Å². The highest BCUT2D eigenvalue weighted by molar-refractivity contribution is 5.72. The molecule has 1 N–H and O–H groups in total. The van der Waals surface area contributed by atoms with E-state index in [2.05, 4.69) is 0 Å². The molecule has 2 rings (SSSR count). The van der Waals surface area contributed by atoms with Crippen LogP contribution in [-0.2, 0) is 4.79 Å². The molecular weight excluding hydrogens is 195 g/mol. The van der Waals surface area contributed by atoms with Gasteiger partial charge in [-0.15, -0.1) is 0 Å². The fourth-order valence-electron chi connectivity index (χ4n) is 2.17. The smallest absolute Gasteiger partial charge is 0.307 e. The van der Waals surface area contributed by atoms with Crippen molar-refractivity contribution < 1.29 is 14.3 Å². The van der Waals surface area contributed by atoms with Gasteiger partial charge in [0.15, 0.2) is 0 Å². The van der Waals surface area contributed by atoms with Gasteiger partial charge in [-0.05, 0) is 48.9 Å². The van der Waals surface area contributed by atoms with E-state index in [9.17, 15) is 9.18 Å². The van der Waals surface area contributed by atoms with Crippen LogP contribution in [0.15, 0.2) is 18.2 Å². The summed E-state index contributed by atoms with van der Waals surface area (Å²) in [6, 6.07) is 4.79. The van der Waals surface area contributed by atoms with Crippen molar-refractivity contribution in [3.63, 3.8) is 0 Å². The van der Waals surface area contributed by atoms with Crippen molar-refractivity contribution in [3.8, 4) is 0 Å². The van der Waals surface area contributed by atoms with Gasteiger partial charge in [0.05, 0.1) is 5.92 Å². The van der Waals surface area contributed by atoms with Crippen LogP contribution in [0, 0.1) is 18.7 Å². The molecule has 2 nitrogen and oxygen atoms in total. The first kappa shape index (κ1) is 10.1. The van der Waals surface area contributed by atoms with Crippen LogP contribution in [0.4, 0.5) is 4.39 Å². The van der Waals surface area contributed by atoms with Gasteiger partial charge in [0.1, 0.15) is 5.82 Å². The molecule has 15 heavy (non-hydrogen) atoms. The Balaban J connectivity index is 2.26. The normalized spacial score (nSPS) is 24.7. The second-order valence-electron chi connectivity index (χ2n) is 4.19. The summed E-state index contributed by atoms with van der Waals surface area (Å²) >= 11 is 0. The molecule has 0 aromatic heterocycles. The molecule has 1 aromatic carbocycles. The molecule has 0 amide bonds. The largest absolute Gasteiger partial charge is 0.481 e. The second kappa shape index (κ2) is 3.65. The first-order valence-electron chi connectivity index (χ1n) is 5.08. The Morgan fingerprint density at radius 3 is 2.60 bits per heavy atom. The van der Waals surface area contributed by atoms with Crippen molar-refractivity contribution in [2.75, 3.05) is 0 Å². The second-order valence-corrected chi connectivity index (χ2v) is 4.19. The Kier molecular flexibility index (Phi) is 2.47. The monoisotopic (exact) mass is 208 g/mol. The van der Waals surface area contributed by atoms with Crippen molar-refractivity contribution >= 4 is 5.97 Å². The molecule has 3 heteroatoms. The van der Waals surface area contributed by atoms with Gasteiger partial charge in [-0.3, -0.25) is 4.79 Å². The van der Waals surface area contributed by atoms with Gasteiger partial charge in [0.2, 0.25) is 0 Å². The first-order valence-corrected chi connectivity index (χ1v) is 5.08. The summed E-state index contributed by atoms with van der Waals surface area (Å²) in [5.41, 5.74) is 1.67. The zero-order chi connectivity index (χ0) is 11.0. The van der Waals surface area contributed by atoms with Crippen LogP contribution >= 0.6 is 0 Å². The van der Waals surface area contributed by atoms with E-state index in [0.717, 1.165) is 17.5 Å². The van der Waals surface area contributed by atoms with Gasteiger partial charge < -0.3 is 5.11 Å². The molecule has 0 radical (unpaired) electrons. The van der Waals surface area contributed by atoms with Crippen molar-refractivity contribution in [1.29, 1.82) is 0 Å². The summed E-state index contributed by atoms with van der Waals surface area (Å²) in [7, 11) is 0. The van der Waals surface area contributed by atoms with Crippen LogP contribution in [0.3, 0.4) is 0 Å². The Hall–Kier alpha value is -1.38. The van der Waals surface area contributed by atoms with Crippen LogP contribution in [-0.4, -0.2) is 11.1 Å². The van der Waals surface area contributed by atoms with Crippen LogP contribution in [0.5, 0.6) is 0 Å². The number of carbonyl (C=O) groups is 1. The predicted octanol–water partition coefficient (Wildman–Crippen LogP) is 2.71. The lowest BCUT2D eigenvalue weighted by Crippen LogP contribution is -2.31. The van der Waals surface area contributed by atoms with Crippen molar-refractivity contribution in [2.45, 2.75) is 25.7 Å². The minimum Gasteiger partial charge on any atom is -0.481 e. The number of hydrogen-bond donors (Lipinski definition) is 1. The first-order chi connectivity index (χ1) is 7.08. The van der Waals surface area contributed by atoms with E-state index in [1.165, 1.54) is 12.1 Å². The number of hydrogen-bond acceptors (Lipinski definition) is 1. The minimum atomic E-state index is -0.770. The molecule has 2 unspecified atom stereocenters. The maximum atomic E-state index is 13.1. The van der Waals surface area contributed by atoms with Gasteiger partial charge in [0, 0.05) is 0 Å². The molecule has 0 saturated heterocycles. The molecule has 0 bridgehead atoms. The third-order valence-corrected chi connectivity index (χ3v) is 3.08. The molecular formula is C12H13FO2. The van der Waals surface area contributed by atoms with Crippen LogP contribution < -0.4 is 0 Å². The van der Waals surface area contributed by atoms with Gasteiger partial charge in [-0.2, -0.15) is 0 Å². The quantitative estimate of drug-likeness (QED) is 0.811. The molecule has 80 valence electrons. The number of halogens is 1. The number of aryl methyl sites for hydroxylation is 1. The van der Waals surface area contributed by atoms with Crippen molar-refractivity contribution in [3.05, 3.63) is 35.1 Å². The lowest BCUT2D eigenvalue weighted by atomic mass is 9.70. The maximum Gasteiger partial charge on any atom is 0.307 e. The summed E-state index contributed by atoms with van der Waals surface area (Å²) < 4.78 is 13.1. The molecule has 1 aromatic rings. The highest BCUT2D eigenvalue weighted by Crippen LogP contribution is 2.42. The van der Waals surface area contributed by atoms with Crippen molar-refractivity contribution in [2.24, 2.45) is 5.92 Å². The number of aliphatic carboxylic acids is 1. The van der Waals surface area contributed by atoms with Crippen LogP contribution in [0.1, 0.15) is 29.9 Å². The summed E-state index contributed by atoms with van der Waals surface area (Å²) in [5, 5.41) is 8.91. The van der Waals surface area contributed by atoms with E-state index in [1.54, 1.807) is 0 Å². The molecule has 1 fully saturated rings. The van der Waals surface area contributed by atoms with Gasteiger partial charge in [0.25, 0.3) is 0 Å². The standard InChI is InChI=1S/C12H13FO2/c1-7-4-8(6-9(13)5-7)10-2-3-11(10)12(14)15/h4-6,10-11H,2-3H2,1H3,(H,14,15). The zero-order valence-electron chi connectivity index (χ0n) is 8.53. The highest BCUT2D eigenvalue weighted by Gasteiger charge is 2.37. The third kappa shape index (κ3) is 1.87. The summed E-state index contributed by atoms with van der Waals surface area (Å²) in [5.74, 6) is -1.38. The topological polar surface area (TPSA) is 37.3 Å². The molecule has 0 heterocycles. The summed E-state index contributed by atoms with van der Waals surface area (Å²) in [6.45, 7) is 1.82. The summed E-state index contributed by atoms with van der Waals surface area (Å²) in [4.78, 5) is 10.8. The molecule has 1 saturated carbocycles. The van der Waals surface area contributed by atoms with E-state index in [1.807, 2.05) is 13.0 Å². The van der Waals surface area contributed by atoms with E-state index in [-0.39, 0.29) is 17.7 Å². The Labute approximate surface area is 87.7 Å². The predicted molar refractivity (Wildman–Crippen MR) is 54.2 cm³/mol. The minimum absolute atomic E-state index is 0.00287. The van der Waals surface area contributed by atoms with E-state index >= 15 is 0 Å². The summed E-state index contributed by atoms with van der Waals surface area (Å²) in [6.07, 6.45) is 1.55. The lowest BCUT2D eigenvalue weighted by molar-refractivity contribution is -0.145. The van der Waals surface area contributed by atoms with E-state index in [0.29, 0.717) is 6.42 Å². The Morgan fingerprint density at radius 2 is 2.13 bits per heavy atom. The van der Waals surface area contributed by atoms with Gasteiger partial charge in [-0.1, -0.05) is 6.07 Å². The number of benzene rings is 1. The number of carboxylic acid groups (broad SMARTS) is 1.